The predicted molar refractivity (Wildman–Crippen MR) is 114 cm³/mol. The second-order valence-corrected chi connectivity index (χ2v) is 5.51. The van der Waals surface area contributed by atoms with E-state index in [1.54, 1.807) is 14.2 Å². The third-order valence-corrected chi connectivity index (χ3v) is 3.54. The van der Waals surface area contributed by atoms with Crippen molar-refractivity contribution in [2.75, 3.05) is 32.7 Å². The third kappa shape index (κ3) is 8.08. The van der Waals surface area contributed by atoms with Gasteiger partial charge in [-0.3, -0.25) is 4.99 Å². The van der Waals surface area contributed by atoms with E-state index in [-0.39, 0.29) is 36.1 Å². The van der Waals surface area contributed by atoms with Gasteiger partial charge in [0.1, 0.15) is 17.4 Å². The zero-order chi connectivity index (χ0) is 18.8. The minimum atomic E-state index is -0.482. The van der Waals surface area contributed by atoms with Crippen LogP contribution in [0.1, 0.15) is 12.0 Å². The number of halogens is 3. The SMILES string of the molecule is CN=C(NCc1cc(F)ccc1F)Nc1cccc(OCCCOC)c1.I. The largest absolute Gasteiger partial charge is 0.493 e. The van der Waals surface area contributed by atoms with E-state index < -0.39 is 11.6 Å². The summed E-state index contributed by atoms with van der Waals surface area (Å²) in [5, 5.41) is 6.05. The molecular weight excluding hydrogens is 467 g/mol. The Bertz CT molecular complexity index is 745. The lowest BCUT2D eigenvalue weighted by atomic mass is 10.2. The first-order valence-corrected chi connectivity index (χ1v) is 8.26. The Morgan fingerprint density at radius 2 is 1.93 bits per heavy atom. The zero-order valence-corrected chi connectivity index (χ0v) is 17.6. The molecule has 0 aliphatic rings. The van der Waals surface area contributed by atoms with E-state index in [2.05, 4.69) is 15.6 Å². The van der Waals surface area contributed by atoms with Crippen LogP contribution < -0.4 is 15.4 Å². The van der Waals surface area contributed by atoms with Crippen LogP contribution in [0.15, 0.2) is 47.5 Å². The monoisotopic (exact) mass is 491 g/mol. The number of rotatable bonds is 8. The Morgan fingerprint density at radius 3 is 2.67 bits per heavy atom. The van der Waals surface area contributed by atoms with Gasteiger partial charge in [0.05, 0.1) is 6.61 Å². The number of ether oxygens (including phenoxy) is 2. The summed E-state index contributed by atoms with van der Waals surface area (Å²) in [4.78, 5) is 4.09. The maximum Gasteiger partial charge on any atom is 0.195 e. The van der Waals surface area contributed by atoms with Crippen LogP contribution in [0.4, 0.5) is 14.5 Å². The van der Waals surface area contributed by atoms with Gasteiger partial charge in [0, 0.05) is 51.0 Å². The molecule has 27 heavy (non-hydrogen) atoms. The molecule has 0 atom stereocenters. The van der Waals surface area contributed by atoms with Crippen LogP contribution in [0, 0.1) is 11.6 Å². The van der Waals surface area contributed by atoms with Crippen LogP contribution in [-0.4, -0.2) is 33.3 Å². The van der Waals surface area contributed by atoms with Crippen molar-refractivity contribution < 1.29 is 18.3 Å². The van der Waals surface area contributed by atoms with Gasteiger partial charge in [-0.25, -0.2) is 8.78 Å². The first-order chi connectivity index (χ1) is 12.6. The highest BCUT2D eigenvalue weighted by Crippen LogP contribution is 2.17. The Kier molecular flexibility index (Phi) is 10.6. The lowest BCUT2D eigenvalue weighted by molar-refractivity contribution is 0.172. The second-order valence-electron chi connectivity index (χ2n) is 5.51. The molecule has 0 unspecified atom stereocenters. The van der Waals surface area contributed by atoms with Gasteiger partial charge in [0.15, 0.2) is 5.96 Å². The molecule has 0 bridgehead atoms. The Morgan fingerprint density at radius 1 is 1.11 bits per heavy atom. The fraction of sp³-hybridized carbons (Fsp3) is 0.316. The van der Waals surface area contributed by atoms with Gasteiger partial charge in [-0.2, -0.15) is 0 Å². The molecular formula is C19H24F2IN3O2. The van der Waals surface area contributed by atoms with Gasteiger partial charge in [0.2, 0.25) is 0 Å². The number of hydrogen-bond donors (Lipinski definition) is 2. The van der Waals surface area contributed by atoms with Crippen molar-refractivity contribution in [3.8, 4) is 5.75 Å². The molecule has 0 spiro atoms. The maximum absolute atomic E-state index is 13.7. The van der Waals surface area contributed by atoms with Crippen molar-refractivity contribution in [2.45, 2.75) is 13.0 Å². The lowest BCUT2D eigenvalue weighted by Crippen LogP contribution is -2.30. The summed E-state index contributed by atoms with van der Waals surface area (Å²) in [7, 11) is 3.25. The molecule has 2 aromatic carbocycles. The molecule has 0 aromatic heterocycles. The summed E-state index contributed by atoms with van der Waals surface area (Å²) in [6, 6.07) is 10.8. The Hall–Kier alpha value is -1.94. The summed E-state index contributed by atoms with van der Waals surface area (Å²) in [5.41, 5.74) is 0.991. The molecule has 0 aliphatic carbocycles. The van der Waals surface area contributed by atoms with Crippen LogP contribution in [-0.2, 0) is 11.3 Å². The summed E-state index contributed by atoms with van der Waals surface area (Å²) in [6.45, 7) is 1.31. The summed E-state index contributed by atoms with van der Waals surface area (Å²) in [6.07, 6.45) is 0.802. The molecule has 0 saturated carbocycles. The van der Waals surface area contributed by atoms with E-state index in [4.69, 9.17) is 9.47 Å². The minimum Gasteiger partial charge on any atom is -0.493 e. The van der Waals surface area contributed by atoms with E-state index in [0.29, 0.717) is 19.2 Å². The van der Waals surface area contributed by atoms with Gasteiger partial charge in [-0.15, -0.1) is 24.0 Å². The maximum atomic E-state index is 13.7. The van der Waals surface area contributed by atoms with Crippen molar-refractivity contribution in [1.29, 1.82) is 0 Å². The normalized spacial score (nSPS) is 10.9. The standard InChI is InChI=1S/C19H23F2N3O2.HI/c1-22-19(23-13-14-11-15(20)7-8-18(14)21)24-16-5-3-6-17(12-16)26-10-4-9-25-2;/h3,5-8,11-12H,4,9-10,13H2,1-2H3,(H2,22,23,24);1H. The molecule has 2 aromatic rings. The van der Waals surface area contributed by atoms with E-state index >= 15 is 0 Å². The average Bonchev–Trinajstić information content (AvgIpc) is 2.65. The number of nitrogens with zero attached hydrogens (tertiary/aromatic N) is 1. The number of aliphatic imine (C=N–C) groups is 1. The van der Waals surface area contributed by atoms with Gasteiger partial charge >= 0.3 is 0 Å². The molecule has 8 heteroatoms. The lowest BCUT2D eigenvalue weighted by Gasteiger charge is -2.13. The van der Waals surface area contributed by atoms with Gasteiger partial charge in [-0.05, 0) is 30.3 Å². The van der Waals surface area contributed by atoms with E-state index in [9.17, 15) is 8.78 Å². The number of benzene rings is 2. The zero-order valence-electron chi connectivity index (χ0n) is 15.3. The first kappa shape index (κ1) is 23.1. The highest BCUT2D eigenvalue weighted by molar-refractivity contribution is 14.0. The van der Waals surface area contributed by atoms with Crippen LogP contribution in [0.25, 0.3) is 0 Å². The van der Waals surface area contributed by atoms with Gasteiger partial charge in [0.25, 0.3) is 0 Å². The number of guanidine groups is 1. The number of anilines is 1. The smallest absolute Gasteiger partial charge is 0.195 e. The molecule has 0 fully saturated rings. The average molecular weight is 491 g/mol. The van der Waals surface area contributed by atoms with Crippen molar-refractivity contribution in [3.63, 3.8) is 0 Å². The van der Waals surface area contributed by atoms with Crippen LogP contribution >= 0.6 is 24.0 Å². The molecule has 2 N–H and O–H groups in total. The van der Waals surface area contributed by atoms with Crippen molar-refractivity contribution in [3.05, 3.63) is 59.7 Å². The van der Waals surface area contributed by atoms with Gasteiger partial charge < -0.3 is 20.1 Å². The fourth-order valence-electron chi connectivity index (χ4n) is 2.23. The van der Waals surface area contributed by atoms with E-state index in [1.807, 2.05) is 24.3 Å². The molecule has 0 radical (unpaired) electrons. The quantitative estimate of drug-likeness (QED) is 0.252. The van der Waals surface area contributed by atoms with Crippen molar-refractivity contribution >= 4 is 35.6 Å². The Balaban J connectivity index is 0.00000364. The van der Waals surface area contributed by atoms with Crippen LogP contribution in [0.5, 0.6) is 5.75 Å². The molecule has 0 aliphatic heterocycles. The topological polar surface area (TPSA) is 54.9 Å². The summed E-state index contributed by atoms with van der Waals surface area (Å²) in [5.74, 6) is 0.202. The molecule has 0 heterocycles. The third-order valence-electron chi connectivity index (χ3n) is 3.54. The molecule has 0 saturated heterocycles. The fourth-order valence-corrected chi connectivity index (χ4v) is 2.23. The number of hydrogen-bond acceptors (Lipinski definition) is 3. The second kappa shape index (κ2) is 12.4. The van der Waals surface area contributed by atoms with Crippen LogP contribution in [0.2, 0.25) is 0 Å². The number of methoxy groups -OCH3 is 1. The molecule has 2 rings (SSSR count). The van der Waals surface area contributed by atoms with Crippen molar-refractivity contribution in [1.82, 2.24) is 5.32 Å². The summed E-state index contributed by atoms with van der Waals surface area (Å²) >= 11 is 0. The minimum absolute atomic E-state index is 0. The molecule has 5 nitrogen and oxygen atoms in total. The highest BCUT2D eigenvalue weighted by atomic mass is 127. The Labute approximate surface area is 175 Å². The first-order valence-electron chi connectivity index (χ1n) is 8.26. The molecule has 148 valence electrons. The summed E-state index contributed by atoms with van der Waals surface area (Å²) < 4.78 is 37.6. The number of nitrogens with one attached hydrogen (secondary N) is 2. The van der Waals surface area contributed by atoms with Crippen molar-refractivity contribution in [2.24, 2.45) is 4.99 Å². The molecule has 0 amide bonds. The van der Waals surface area contributed by atoms with Gasteiger partial charge in [-0.1, -0.05) is 6.07 Å². The highest BCUT2D eigenvalue weighted by Gasteiger charge is 2.06. The van der Waals surface area contributed by atoms with E-state index in [0.717, 1.165) is 36.1 Å². The van der Waals surface area contributed by atoms with E-state index in [1.165, 1.54) is 0 Å². The predicted octanol–water partition coefficient (Wildman–Crippen LogP) is 4.19. The van der Waals surface area contributed by atoms with Crippen LogP contribution in [0.3, 0.4) is 0 Å².